The molecule has 1 aliphatic rings. The molecule has 1 amide bonds. The molecule has 0 radical (unpaired) electrons. The number of carbonyl (C=O) groups is 1. The van der Waals surface area contributed by atoms with Crippen LogP contribution < -0.4 is 4.74 Å². The average molecular weight is 539 g/mol. The number of benzene rings is 1. The van der Waals surface area contributed by atoms with Crippen LogP contribution >= 0.6 is 11.6 Å². The first-order valence-electron chi connectivity index (χ1n) is 12.3. The van der Waals surface area contributed by atoms with Gasteiger partial charge in [-0.1, -0.05) is 11.6 Å². The van der Waals surface area contributed by atoms with Crippen molar-refractivity contribution in [3.8, 4) is 28.1 Å². The third-order valence-corrected chi connectivity index (χ3v) is 6.33. The highest BCUT2D eigenvalue weighted by Crippen LogP contribution is 2.42. The van der Waals surface area contributed by atoms with Crippen LogP contribution in [0.2, 0.25) is 5.02 Å². The number of amides is 1. The third-order valence-electron chi connectivity index (χ3n) is 6.09. The number of ether oxygens (including phenoxy) is 3. The molecule has 4 aromatic rings. The summed E-state index contributed by atoms with van der Waals surface area (Å²) < 4.78 is 32.5. The first-order valence-corrected chi connectivity index (χ1v) is 12.7. The van der Waals surface area contributed by atoms with E-state index in [0.29, 0.717) is 58.4 Å². The van der Waals surface area contributed by atoms with Crippen LogP contribution in [0, 0.1) is 5.82 Å². The zero-order valence-corrected chi connectivity index (χ0v) is 22.1. The summed E-state index contributed by atoms with van der Waals surface area (Å²) in [5.41, 5.74) is 2.87. The van der Waals surface area contributed by atoms with Crippen LogP contribution in [0.5, 0.6) is 5.75 Å². The van der Waals surface area contributed by atoms with Crippen molar-refractivity contribution in [1.29, 1.82) is 0 Å². The van der Waals surface area contributed by atoms with Crippen molar-refractivity contribution in [2.24, 2.45) is 0 Å². The van der Waals surface area contributed by atoms with Gasteiger partial charge < -0.3 is 19.2 Å². The Hall–Kier alpha value is -3.69. The molecule has 3 aromatic heterocycles. The predicted molar refractivity (Wildman–Crippen MR) is 143 cm³/mol. The Kier molecular flexibility index (Phi) is 7.23. The van der Waals surface area contributed by atoms with Gasteiger partial charge in [0, 0.05) is 40.7 Å². The van der Waals surface area contributed by atoms with Crippen molar-refractivity contribution in [1.82, 2.24) is 19.9 Å². The maximum atomic E-state index is 15.1. The molecule has 1 atom stereocenters. The van der Waals surface area contributed by atoms with Crippen LogP contribution in [0.1, 0.15) is 20.8 Å². The van der Waals surface area contributed by atoms with Crippen LogP contribution in [0.3, 0.4) is 0 Å². The summed E-state index contributed by atoms with van der Waals surface area (Å²) in [5.74, 6) is 0.0311. The van der Waals surface area contributed by atoms with Gasteiger partial charge in [0.2, 0.25) is 0 Å². The summed E-state index contributed by atoms with van der Waals surface area (Å²) in [7, 11) is 0. The fraction of sp³-hybridized carbons (Fsp3) is 0.321. The van der Waals surface area contributed by atoms with Gasteiger partial charge in [0.05, 0.1) is 42.2 Å². The van der Waals surface area contributed by atoms with Crippen molar-refractivity contribution in [2.75, 3.05) is 26.4 Å². The molecule has 38 heavy (non-hydrogen) atoms. The zero-order valence-electron chi connectivity index (χ0n) is 21.3. The number of pyridine rings is 2. The molecule has 0 bridgehead atoms. The second-order valence-electron chi connectivity index (χ2n) is 9.98. The summed E-state index contributed by atoms with van der Waals surface area (Å²) in [6.45, 7) is 6.76. The molecule has 1 N–H and O–H groups in total. The molecular weight excluding hydrogens is 511 g/mol. The van der Waals surface area contributed by atoms with Gasteiger partial charge in [-0.15, -0.1) is 0 Å². The number of hydrogen-bond donors (Lipinski definition) is 1. The number of rotatable bonds is 5. The molecule has 1 saturated heterocycles. The van der Waals surface area contributed by atoms with Gasteiger partial charge in [0.25, 0.3) is 0 Å². The number of hydrogen-bond acceptors (Lipinski definition) is 6. The molecule has 0 saturated carbocycles. The lowest BCUT2D eigenvalue weighted by atomic mass is 10.00. The lowest BCUT2D eigenvalue weighted by molar-refractivity contribution is -0.0418. The molecule has 5 rings (SSSR count). The Bertz CT molecular complexity index is 1470. The summed E-state index contributed by atoms with van der Waals surface area (Å²) in [6, 6.07) is 9.53. The normalized spacial score (nSPS) is 16.0. The van der Waals surface area contributed by atoms with Gasteiger partial charge in [0.15, 0.2) is 0 Å². The van der Waals surface area contributed by atoms with Crippen LogP contribution in [0.15, 0.2) is 55.0 Å². The lowest BCUT2D eigenvalue weighted by Gasteiger charge is -2.36. The lowest BCUT2D eigenvalue weighted by Crippen LogP contribution is -2.52. The molecule has 1 aromatic carbocycles. The monoisotopic (exact) mass is 538 g/mol. The Morgan fingerprint density at radius 2 is 2.08 bits per heavy atom. The van der Waals surface area contributed by atoms with E-state index in [1.54, 1.807) is 41.7 Å². The first-order chi connectivity index (χ1) is 18.2. The Morgan fingerprint density at radius 3 is 2.89 bits per heavy atom. The van der Waals surface area contributed by atoms with Crippen molar-refractivity contribution in [3.63, 3.8) is 0 Å². The minimum absolute atomic E-state index is 0.150. The summed E-state index contributed by atoms with van der Waals surface area (Å²) in [6.07, 6.45) is 4.47. The predicted octanol–water partition coefficient (Wildman–Crippen LogP) is 6.10. The molecule has 4 heterocycles. The van der Waals surface area contributed by atoms with Gasteiger partial charge in [-0.05, 0) is 57.2 Å². The van der Waals surface area contributed by atoms with E-state index in [-0.39, 0.29) is 12.6 Å². The standard InChI is InChI=1S/C28H28ClFN4O4/c1-28(2,3)38-27(35)34-11-12-36-15-18(34)16-37-23-14-31-10-8-19(23)25-24(20-13-17(29)6-7-21(20)30)26-22(33-25)5-4-9-32-26/h4-10,13-14,18,33H,11-12,15-16H2,1-3H3. The Labute approximate surface area is 224 Å². The molecule has 1 fully saturated rings. The van der Waals surface area contributed by atoms with Crippen molar-refractivity contribution < 1.29 is 23.4 Å². The van der Waals surface area contributed by atoms with Crippen molar-refractivity contribution in [2.45, 2.75) is 32.4 Å². The van der Waals surface area contributed by atoms with Gasteiger partial charge in [-0.3, -0.25) is 14.9 Å². The van der Waals surface area contributed by atoms with Gasteiger partial charge >= 0.3 is 6.09 Å². The topological polar surface area (TPSA) is 89.6 Å². The van der Waals surface area contributed by atoms with E-state index in [2.05, 4.69) is 15.0 Å². The molecule has 1 aliphatic heterocycles. The van der Waals surface area contributed by atoms with E-state index in [4.69, 9.17) is 25.8 Å². The minimum atomic E-state index is -0.618. The Balaban J connectivity index is 1.50. The SMILES string of the molecule is CC(C)(C)OC(=O)N1CCOCC1COc1cnccc1-c1[nH]c2cccnc2c1-c1cc(Cl)ccc1F. The van der Waals surface area contributed by atoms with Gasteiger partial charge in [-0.2, -0.15) is 0 Å². The number of aromatic nitrogens is 3. The molecule has 10 heteroatoms. The van der Waals surface area contributed by atoms with E-state index >= 15 is 4.39 Å². The fourth-order valence-electron chi connectivity index (χ4n) is 4.42. The highest BCUT2D eigenvalue weighted by Gasteiger charge is 2.32. The van der Waals surface area contributed by atoms with E-state index in [1.807, 2.05) is 26.8 Å². The summed E-state index contributed by atoms with van der Waals surface area (Å²) in [5, 5.41) is 0.406. The van der Waals surface area contributed by atoms with Crippen LogP contribution in [0.25, 0.3) is 33.4 Å². The molecule has 1 unspecified atom stereocenters. The van der Waals surface area contributed by atoms with Crippen molar-refractivity contribution in [3.05, 3.63) is 65.8 Å². The maximum Gasteiger partial charge on any atom is 0.410 e. The average Bonchev–Trinajstić information content (AvgIpc) is 3.27. The molecule has 0 spiro atoms. The largest absolute Gasteiger partial charge is 0.489 e. The number of morpholine rings is 1. The van der Waals surface area contributed by atoms with Crippen LogP contribution in [-0.2, 0) is 9.47 Å². The second-order valence-corrected chi connectivity index (χ2v) is 10.4. The number of halogens is 2. The maximum absolute atomic E-state index is 15.1. The van der Waals surface area contributed by atoms with E-state index in [9.17, 15) is 4.79 Å². The summed E-state index contributed by atoms with van der Waals surface area (Å²) in [4.78, 5) is 26.6. The van der Waals surface area contributed by atoms with Crippen LogP contribution in [-0.4, -0.2) is 64.0 Å². The summed E-state index contributed by atoms with van der Waals surface area (Å²) >= 11 is 6.24. The minimum Gasteiger partial charge on any atom is -0.489 e. The third kappa shape index (κ3) is 5.44. The molecule has 8 nitrogen and oxygen atoms in total. The highest BCUT2D eigenvalue weighted by atomic mass is 35.5. The number of nitrogens with zero attached hydrogens (tertiary/aromatic N) is 3. The van der Waals surface area contributed by atoms with Crippen LogP contribution in [0.4, 0.5) is 9.18 Å². The molecule has 0 aliphatic carbocycles. The molecular formula is C28H28ClFN4O4. The zero-order chi connectivity index (χ0) is 26.9. The van der Waals surface area contributed by atoms with Gasteiger partial charge in [-0.25, -0.2) is 9.18 Å². The Morgan fingerprint density at radius 1 is 1.24 bits per heavy atom. The second kappa shape index (κ2) is 10.6. The highest BCUT2D eigenvalue weighted by molar-refractivity contribution is 6.31. The number of nitrogens with one attached hydrogen (secondary N) is 1. The smallest absolute Gasteiger partial charge is 0.410 e. The quantitative estimate of drug-likeness (QED) is 0.330. The van der Waals surface area contributed by atoms with Gasteiger partial charge in [0.1, 0.15) is 23.8 Å². The number of aromatic amines is 1. The van der Waals surface area contributed by atoms with E-state index < -0.39 is 17.5 Å². The fourth-order valence-corrected chi connectivity index (χ4v) is 4.59. The first kappa shape index (κ1) is 25.9. The number of fused-ring (bicyclic) bond motifs is 1. The van der Waals surface area contributed by atoms with E-state index in [1.165, 1.54) is 12.1 Å². The van der Waals surface area contributed by atoms with Crippen molar-refractivity contribution >= 4 is 28.7 Å². The molecule has 198 valence electrons. The number of carbonyl (C=O) groups excluding carboxylic acids is 1. The van der Waals surface area contributed by atoms with E-state index in [0.717, 1.165) is 5.52 Å². The number of H-pyrrole nitrogens is 1.